The number of nitrogens with one attached hydrogen (secondary N) is 1. The molecule has 5 N–H and O–H groups in total. The van der Waals surface area contributed by atoms with Crippen LogP contribution in [0.2, 0.25) is 0 Å². The molecule has 1 heterocycles. The van der Waals surface area contributed by atoms with Gasteiger partial charge >= 0.3 is 0 Å². The van der Waals surface area contributed by atoms with E-state index in [4.69, 9.17) is 11.5 Å². The molecule has 0 aliphatic rings. The van der Waals surface area contributed by atoms with Gasteiger partial charge < -0.3 is 16.5 Å². The summed E-state index contributed by atoms with van der Waals surface area (Å²) in [5.74, 6) is -1.13. The van der Waals surface area contributed by atoms with Crippen LogP contribution in [-0.4, -0.2) is 21.8 Å². The molecule has 1 aromatic heterocycles. The van der Waals surface area contributed by atoms with Crippen LogP contribution in [0.5, 0.6) is 0 Å². The van der Waals surface area contributed by atoms with Crippen molar-refractivity contribution >= 4 is 11.8 Å². The van der Waals surface area contributed by atoms with E-state index in [-0.39, 0.29) is 0 Å². The zero-order valence-electron chi connectivity index (χ0n) is 10.2. The predicted octanol–water partition coefficient (Wildman–Crippen LogP) is 0.393. The molecule has 0 unspecified atom stereocenters. The smallest absolute Gasteiger partial charge is 0.249 e. The molecule has 2 amide bonds. The topological polar surface area (TPSA) is 115 Å². The number of primary amides is 2. The Morgan fingerprint density at radius 1 is 1.11 bits per heavy atom. The minimum Gasteiger partial charge on any atom is -0.366 e. The molecule has 6 nitrogen and oxygen atoms in total. The van der Waals surface area contributed by atoms with Crippen LogP contribution in [0.1, 0.15) is 32.0 Å². The number of nitrogens with two attached hydrogens (primary N) is 2. The monoisotopic (exact) mass is 258 g/mol. The number of aryl methyl sites for hydroxylation is 1. The second kappa shape index (κ2) is 5.34. The van der Waals surface area contributed by atoms with Gasteiger partial charge in [0.05, 0.1) is 6.33 Å². The molecule has 0 aliphatic carbocycles. The zero-order valence-corrected chi connectivity index (χ0v) is 10.2. The summed E-state index contributed by atoms with van der Waals surface area (Å²) in [6, 6.07) is 4.79. The Labute approximate surface area is 109 Å². The molecular formula is C13H14N4O2. The van der Waals surface area contributed by atoms with Crippen molar-refractivity contribution in [3.8, 4) is 0 Å². The summed E-state index contributed by atoms with van der Waals surface area (Å²) >= 11 is 0. The molecule has 0 atom stereocenters. The number of H-pyrrole nitrogens is 1. The average molecular weight is 258 g/mol. The van der Waals surface area contributed by atoms with Gasteiger partial charge in [0.1, 0.15) is 0 Å². The van der Waals surface area contributed by atoms with Crippen molar-refractivity contribution in [1.29, 1.82) is 0 Å². The normalized spacial score (nSPS) is 10.3. The van der Waals surface area contributed by atoms with Gasteiger partial charge in [-0.25, -0.2) is 4.98 Å². The molecule has 2 aromatic rings. The summed E-state index contributed by atoms with van der Waals surface area (Å²) in [6.07, 6.45) is 4.37. The number of hydrogen-bond acceptors (Lipinski definition) is 3. The van der Waals surface area contributed by atoms with Gasteiger partial charge in [-0.3, -0.25) is 9.59 Å². The van der Waals surface area contributed by atoms with Crippen LogP contribution in [0, 0.1) is 0 Å². The average Bonchev–Trinajstić information content (AvgIpc) is 2.88. The standard InChI is InChI=1S/C13H14N4O2/c14-12(18)10-2-1-3-11(13(15)19)9(10)5-4-8-6-16-7-17-8/h1-3,6-7H,4-5H2,(H2,14,18)(H2,15,19)(H,16,17). The van der Waals surface area contributed by atoms with E-state index in [9.17, 15) is 9.59 Å². The highest BCUT2D eigenvalue weighted by Crippen LogP contribution is 2.17. The van der Waals surface area contributed by atoms with Gasteiger partial charge in [-0.05, 0) is 30.5 Å². The summed E-state index contributed by atoms with van der Waals surface area (Å²) < 4.78 is 0. The van der Waals surface area contributed by atoms with Gasteiger partial charge in [-0.15, -0.1) is 0 Å². The van der Waals surface area contributed by atoms with Gasteiger partial charge in [0.2, 0.25) is 11.8 Å². The second-order valence-corrected chi connectivity index (χ2v) is 4.14. The molecule has 2 rings (SSSR count). The lowest BCUT2D eigenvalue weighted by Gasteiger charge is -2.10. The summed E-state index contributed by atoms with van der Waals surface area (Å²) in [7, 11) is 0. The largest absolute Gasteiger partial charge is 0.366 e. The Balaban J connectivity index is 2.35. The number of aromatic amines is 1. The number of hydrogen-bond donors (Lipinski definition) is 3. The van der Waals surface area contributed by atoms with Crippen LogP contribution < -0.4 is 11.5 Å². The number of rotatable bonds is 5. The molecular weight excluding hydrogens is 244 g/mol. The number of carbonyl (C=O) groups is 2. The first-order valence-electron chi connectivity index (χ1n) is 5.78. The molecule has 0 spiro atoms. The van der Waals surface area contributed by atoms with Crippen LogP contribution in [-0.2, 0) is 12.8 Å². The van der Waals surface area contributed by atoms with E-state index in [1.54, 1.807) is 30.7 Å². The highest BCUT2D eigenvalue weighted by molar-refractivity contribution is 6.01. The van der Waals surface area contributed by atoms with E-state index in [0.29, 0.717) is 29.5 Å². The van der Waals surface area contributed by atoms with Crippen molar-refractivity contribution in [1.82, 2.24) is 9.97 Å². The highest BCUT2D eigenvalue weighted by Gasteiger charge is 2.15. The van der Waals surface area contributed by atoms with Gasteiger partial charge in [-0.2, -0.15) is 0 Å². The zero-order chi connectivity index (χ0) is 13.8. The molecule has 6 heteroatoms. The van der Waals surface area contributed by atoms with Crippen molar-refractivity contribution in [2.75, 3.05) is 0 Å². The number of aromatic nitrogens is 2. The molecule has 0 saturated carbocycles. The van der Waals surface area contributed by atoms with Crippen LogP contribution in [0.4, 0.5) is 0 Å². The first kappa shape index (κ1) is 12.8. The Bertz CT molecular complexity index is 573. The predicted molar refractivity (Wildman–Crippen MR) is 69.5 cm³/mol. The molecule has 0 bridgehead atoms. The lowest BCUT2D eigenvalue weighted by molar-refractivity contribution is 0.0999. The van der Waals surface area contributed by atoms with Gasteiger partial charge in [0, 0.05) is 23.0 Å². The van der Waals surface area contributed by atoms with Gasteiger partial charge in [0.25, 0.3) is 0 Å². The fourth-order valence-corrected chi connectivity index (χ4v) is 2.00. The fourth-order valence-electron chi connectivity index (χ4n) is 2.00. The Kier molecular flexibility index (Phi) is 3.61. The third-order valence-electron chi connectivity index (χ3n) is 2.91. The van der Waals surface area contributed by atoms with Crippen molar-refractivity contribution in [2.24, 2.45) is 11.5 Å². The summed E-state index contributed by atoms with van der Waals surface area (Å²) in [5.41, 5.74) is 12.8. The molecule has 0 fully saturated rings. The maximum absolute atomic E-state index is 11.4. The Morgan fingerprint density at radius 3 is 2.21 bits per heavy atom. The first-order chi connectivity index (χ1) is 9.09. The molecule has 0 radical (unpaired) electrons. The first-order valence-corrected chi connectivity index (χ1v) is 5.78. The van der Waals surface area contributed by atoms with E-state index in [1.165, 1.54) is 0 Å². The fraction of sp³-hybridized carbons (Fsp3) is 0.154. The van der Waals surface area contributed by atoms with E-state index in [0.717, 1.165) is 5.69 Å². The second-order valence-electron chi connectivity index (χ2n) is 4.14. The van der Waals surface area contributed by atoms with E-state index >= 15 is 0 Å². The quantitative estimate of drug-likeness (QED) is 0.720. The third-order valence-corrected chi connectivity index (χ3v) is 2.91. The number of nitrogens with zero attached hydrogens (tertiary/aromatic N) is 1. The minimum atomic E-state index is -0.567. The number of amides is 2. The summed E-state index contributed by atoms with van der Waals surface area (Å²) in [5, 5.41) is 0. The maximum Gasteiger partial charge on any atom is 0.249 e. The van der Waals surface area contributed by atoms with E-state index < -0.39 is 11.8 Å². The Hall–Kier alpha value is -2.63. The maximum atomic E-state index is 11.4. The van der Waals surface area contributed by atoms with Crippen LogP contribution >= 0.6 is 0 Å². The molecule has 0 saturated heterocycles. The van der Waals surface area contributed by atoms with Crippen LogP contribution in [0.3, 0.4) is 0 Å². The van der Waals surface area contributed by atoms with Crippen molar-refractivity contribution in [3.63, 3.8) is 0 Å². The summed E-state index contributed by atoms with van der Waals surface area (Å²) in [4.78, 5) is 29.7. The number of benzene rings is 1. The van der Waals surface area contributed by atoms with Gasteiger partial charge in [-0.1, -0.05) is 6.07 Å². The lowest BCUT2D eigenvalue weighted by atomic mass is 9.95. The van der Waals surface area contributed by atoms with Crippen LogP contribution in [0.25, 0.3) is 0 Å². The SMILES string of the molecule is NC(=O)c1cccc(C(N)=O)c1CCc1cnc[nH]1. The van der Waals surface area contributed by atoms with E-state index in [1.807, 2.05) is 0 Å². The lowest BCUT2D eigenvalue weighted by Crippen LogP contribution is -2.20. The van der Waals surface area contributed by atoms with Crippen molar-refractivity contribution < 1.29 is 9.59 Å². The molecule has 1 aromatic carbocycles. The molecule has 0 aliphatic heterocycles. The summed E-state index contributed by atoms with van der Waals surface area (Å²) in [6.45, 7) is 0. The third kappa shape index (κ3) is 2.79. The van der Waals surface area contributed by atoms with Crippen molar-refractivity contribution in [2.45, 2.75) is 12.8 Å². The van der Waals surface area contributed by atoms with Gasteiger partial charge in [0.15, 0.2) is 0 Å². The number of carbonyl (C=O) groups excluding carboxylic acids is 2. The molecule has 98 valence electrons. The molecule has 19 heavy (non-hydrogen) atoms. The van der Waals surface area contributed by atoms with Crippen LogP contribution in [0.15, 0.2) is 30.7 Å². The van der Waals surface area contributed by atoms with Crippen molar-refractivity contribution in [3.05, 3.63) is 53.1 Å². The highest BCUT2D eigenvalue weighted by atomic mass is 16.1. The van der Waals surface area contributed by atoms with E-state index in [2.05, 4.69) is 9.97 Å². The Morgan fingerprint density at radius 2 is 1.74 bits per heavy atom. The minimum absolute atomic E-state index is 0.329. The number of imidazole rings is 1.